The molecule has 4 nitrogen and oxygen atoms in total. The molecule has 126 valence electrons. The number of nitrogens with one attached hydrogen (secondary N) is 1. The van der Waals surface area contributed by atoms with E-state index in [0.29, 0.717) is 18.5 Å². The van der Waals surface area contributed by atoms with E-state index in [0.717, 1.165) is 17.5 Å². The minimum Gasteiger partial charge on any atom is -0.389 e. The fourth-order valence-electron chi connectivity index (χ4n) is 2.41. The van der Waals surface area contributed by atoms with Crippen molar-refractivity contribution in [2.24, 2.45) is 0 Å². The molecule has 0 saturated carbocycles. The Morgan fingerprint density at radius 1 is 0.917 bits per heavy atom. The summed E-state index contributed by atoms with van der Waals surface area (Å²) >= 11 is 0. The first kappa shape index (κ1) is 17.9. The van der Waals surface area contributed by atoms with Crippen molar-refractivity contribution >= 4 is 17.4 Å². The van der Waals surface area contributed by atoms with Crippen LogP contribution in [-0.4, -0.2) is 23.4 Å². The summed E-state index contributed by atoms with van der Waals surface area (Å²) in [5.41, 5.74) is 3.98. The molecular weight excluding hydrogens is 302 g/mol. The van der Waals surface area contributed by atoms with Crippen LogP contribution in [0.1, 0.15) is 30.0 Å². The molecule has 0 saturated heterocycles. The molecule has 24 heavy (non-hydrogen) atoms. The fourth-order valence-corrected chi connectivity index (χ4v) is 2.41. The zero-order valence-electron chi connectivity index (χ0n) is 13.9. The number of carbonyl (C=O) groups is 2. The van der Waals surface area contributed by atoms with Gasteiger partial charge in [-0.15, -0.1) is 0 Å². The van der Waals surface area contributed by atoms with E-state index in [2.05, 4.69) is 36.5 Å². The van der Waals surface area contributed by atoms with Crippen molar-refractivity contribution in [3.05, 3.63) is 65.2 Å². The van der Waals surface area contributed by atoms with E-state index >= 15 is 0 Å². The molecular formula is C20H23NO3. The summed E-state index contributed by atoms with van der Waals surface area (Å²) in [7, 11) is 0. The first-order valence-electron chi connectivity index (χ1n) is 8.20. The third-order valence-electron chi connectivity index (χ3n) is 3.89. The van der Waals surface area contributed by atoms with Gasteiger partial charge in [0.1, 0.15) is 6.61 Å². The number of ketones is 1. The Labute approximate surface area is 142 Å². The van der Waals surface area contributed by atoms with E-state index in [9.17, 15) is 9.59 Å². The molecule has 0 aliphatic carbocycles. The summed E-state index contributed by atoms with van der Waals surface area (Å²) in [5.74, 6) is -0.255. The van der Waals surface area contributed by atoms with Gasteiger partial charge in [-0.05, 0) is 41.7 Å². The number of aryl methyl sites for hydroxylation is 2. The maximum Gasteiger partial charge on any atom is 0.224 e. The first-order valence-corrected chi connectivity index (χ1v) is 8.20. The SMILES string of the molecule is CCc1ccc(CCC(=O)Nc2ccc(CC(=O)CO)cc2)cc1. The van der Waals surface area contributed by atoms with Gasteiger partial charge in [0.05, 0.1) is 0 Å². The van der Waals surface area contributed by atoms with Gasteiger partial charge >= 0.3 is 0 Å². The number of Topliss-reactive ketones (excluding diaryl/α,β-unsaturated/α-hetero) is 1. The number of anilines is 1. The van der Waals surface area contributed by atoms with Crippen molar-refractivity contribution in [1.82, 2.24) is 0 Å². The Morgan fingerprint density at radius 2 is 1.50 bits per heavy atom. The molecule has 0 bridgehead atoms. The summed E-state index contributed by atoms with van der Waals surface area (Å²) in [6.45, 7) is 1.67. The summed E-state index contributed by atoms with van der Waals surface area (Å²) < 4.78 is 0. The smallest absolute Gasteiger partial charge is 0.224 e. The van der Waals surface area contributed by atoms with E-state index in [1.807, 2.05) is 0 Å². The Kier molecular flexibility index (Phi) is 6.70. The number of aliphatic hydroxyl groups is 1. The largest absolute Gasteiger partial charge is 0.389 e. The maximum absolute atomic E-state index is 12.0. The molecule has 0 heterocycles. The van der Waals surface area contributed by atoms with Crippen LogP contribution < -0.4 is 5.32 Å². The van der Waals surface area contributed by atoms with Gasteiger partial charge in [-0.3, -0.25) is 9.59 Å². The lowest BCUT2D eigenvalue weighted by Crippen LogP contribution is -2.12. The van der Waals surface area contributed by atoms with Crippen molar-refractivity contribution in [2.45, 2.75) is 32.6 Å². The quantitative estimate of drug-likeness (QED) is 0.784. The van der Waals surface area contributed by atoms with Gasteiger partial charge in [-0.1, -0.05) is 43.3 Å². The second-order valence-electron chi connectivity index (χ2n) is 5.79. The molecule has 2 aromatic rings. The molecule has 0 aromatic heterocycles. The number of aliphatic hydroxyl groups excluding tert-OH is 1. The molecule has 0 radical (unpaired) electrons. The normalized spacial score (nSPS) is 10.4. The zero-order chi connectivity index (χ0) is 17.4. The van der Waals surface area contributed by atoms with E-state index in [-0.39, 0.29) is 18.1 Å². The third-order valence-corrected chi connectivity index (χ3v) is 3.89. The van der Waals surface area contributed by atoms with Gasteiger partial charge in [0.2, 0.25) is 5.91 Å². The van der Waals surface area contributed by atoms with Crippen molar-refractivity contribution < 1.29 is 14.7 Å². The first-order chi connectivity index (χ1) is 11.6. The molecule has 2 rings (SSSR count). The predicted octanol–water partition coefficient (Wildman–Crippen LogP) is 2.92. The summed E-state index contributed by atoms with van der Waals surface area (Å²) in [6.07, 6.45) is 2.36. The maximum atomic E-state index is 12.0. The molecule has 4 heteroatoms. The number of benzene rings is 2. The lowest BCUT2D eigenvalue weighted by Gasteiger charge is -2.07. The average molecular weight is 325 g/mol. The highest BCUT2D eigenvalue weighted by Crippen LogP contribution is 2.12. The van der Waals surface area contributed by atoms with Gasteiger partial charge < -0.3 is 10.4 Å². The van der Waals surface area contributed by atoms with Crippen molar-refractivity contribution in [2.75, 3.05) is 11.9 Å². The molecule has 0 unspecified atom stereocenters. The fraction of sp³-hybridized carbons (Fsp3) is 0.300. The number of hydrogen-bond acceptors (Lipinski definition) is 3. The van der Waals surface area contributed by atoms with Crippen molar-refractivity contribution in [3.8, 4) is 0 Å². The predicted molar refractivity (Wildman–Crippen MR) is 95.0 cm³/mol. The average Bonchev–Trinajstić information content (AvgIpc) is 2.62. The van der Waals surface area contributed by atoms with Crippen molar-refractivity contribution in [1.29, 1.82) is 0 Å². The minimum atomic E-state index is -0.447. The standard InChI is InChI=1S/C20H23NO3/c1-2-15-3-5-16(6-4-15)9-12-20(24)21-18-10-7-17(8-11-18)13-19(23)14-22/h3-8,10-11,22H,2,9,12-14H2,1H3,(H,21,24). The second kappa shape index (κ2) is 8.99. The Bertz CT molecular complexity index is 675. The highest BCUT2D eigenvalue weighted by molar-refractivity contribution is 5.91. The van der Waals surface area contributed by atoms with Crippen LogP contribution in [0.4, 0.5) is 5.69 Å². The number of amides is 1. The summed E-state index contributed by atoms with van der Waals surface area (Å²) in [5, 5.41) is 11.6. The van der Waals surface area contributed by atoms with Crippen LogP contribution in [0.5, 0.6) is 0 Å². The van der Waals surface area contributed by atoms with Gasteiger partial charge in [0, 0.05) is 18.5 Å². The van der Waals surface area contributed by atoms with Crippen LogP contribution >= 0.6 is 0 Å². The van der Waals surface area contributed by atoms with Gasteiger partial charge in [0.15, 0.2) is 5.78 Å². The molecule has 0 spiro atoms. The van der Waals surface area contributed by atoms with Crippen molar-refractivity contribution in [3.63, 3.8) is 0 Å². The number of carbonyl (C=O) groups excluding carboxylic acids is 2. The molecule has 1 amide bonds. The van der Waals surface area contributed by atoms with Crippen LogP contribution in [0.2, 0.25) is 0 Å². The molecule has 0 atom stereocenters. The highest BCUT2D eigenvalue weighted by atomic mass is 16.3. The Balaban J connectivity index is 1.82. The third kappa shape index (κ3) is 5.63. The monoisotopic (exact) mass is 325 g/mol. The van der Waals surface area contributed by atoms with Crippen LogP contribution in [-0.2, 0) is 28.9 Å². The molecule has 0 aliphatic heterocycles. The second-order valence-corrected chi connectivity index (χ2v) is 5.79. The molecule has 0 fully saturated rings. The van der Waals surface area contributed by atoms with Crippen LogP contribution in [0, 0.1) is 0 Å². The Hall–Kier alpha value is -2.46. The number of rotatable bonds is 8. The summed E-state index contributed by atoms with van der Waals surface area (Å²) in [4.78, 5) is 23.2. The molecule has 0 aliphatic rings. The van der Waals surface area contributed by atoms with Crippen LogP contribution in [0.25, 0.3) is 0 Å². The molecule has 2 N–H and O–H groups in total. The van der Waals surface area contributed by atoms with Crippen LogP contribution in [0.3, 0.4) is 0 Å². The van der Waals surface area contributed by atoms with E-state index in [1.165, 1.54) is 5.56 Å². The summed E-state index contributed by atoms with van der Waals surface area (Å²) in [6, 6.07) is 15.4. The van der Waals surface area contributed by atoms with Gasteiger partial charge in [-0.2, -0.15) is 0 Å². The van der Waals surface area contributed by atoms with Crippen LogP contribution in [0.15, 0.2) is 48.5 Å². The Morgan fingerprint density at radius 3 is 2.08 bits per heavy atom. The lowest BCUT2D eigenvalue weighted by atomic mass is 10.1. The topological polar surface area (TPSA) is 66.4 Å². The van der Waals surface area contributed by atoms with Gasteiger partial charge in [-0.25, -0.2) is 0 Å². The zero-order valence-corrected chi connectivity index (χ0v) is 13.9. The number of hydrogen-bond donors (Lipinski definition) is 2. The van der Waals surface area contributed by atoms with Gasteiger partial charge in [0.25, 0.3) is 0 Å². The lowest BCUT2D eigenvalue weighted by molar-refractivity contribution is -0.121. The van der Waals surface area contributed by atoms with E-state index in [4.69, 9.17) is 5.11 Å². The minimum absolute atomic E-state index is 0.0336. The molecule has 2 aromatic carbocycles. The highest BCUT2D eigenvalue weighted by Gasteiger charge is 2.05. The van der Waals surface area contributed by atoms with E-state index < -0.39 is 6.61 Å². The van der Waals surface area contributed by atoms with E-state index in [1.54, 1.807) is 24.3 Å².